The zero-order valence-electron chi connectivity index (χ0n) is 22.1. The van der Waals surface area contributed by atoms with Gasteiger partial charge in [0.2, 0.25) is 11.8 Å². The number of hydrogen-bond donors (Lipinski definition) is 2. The van der Waals surface area contributed by atoms with Crippen LogP contribution in [-0.4, -0.2) is 35.0 Å². The third-order valence-corrected chi connectivity index (χ3v) is 9.50. The number of carboxylic acids is 1. The van der Waals surface area contributed by atoms with Gasteiger partial charge in [0.05, 0.1) is 5.69 Å². The second kappa shape index (κ2) is 11.9. The molecular weight excluding hydrogens is 472 g/mol. The van der Waals surface area contributed by atoms with E-state index in [2.05, 4.69) is 18.3 Å². The molecule has 2 N–H and O–H groups in total. The average Bonchev–Trinajstić information content (AvgIpc) is 3.31. The second-order valence-electron chi connectivity index (χ2n) is 11.4. The molecule has 36 heavy (non-hydrogen) atoms. The van der Waals surface area contributed by atoms with Crippen LogP contribution < -0.4 is 10.2 Å². The van der Waals surface area contributed by atoms with Crippen molar-refractivity contribution >= 4 is 40.4 Å². The highest BCUT2D eigenvalue weighted by molar-refractivity contribution is 7.15. The van der Waals surface area contributed by atoms with E-state index in [0.29, 0.717) is 11.6 Å². The molecule has 0 radical (unpaired) electrons. The maximum Gasteiger partial charge on any atom is 0.348 e. The van der Waals surface area contributed by atoms with Gasteiger partial charge in [-0.1, -0.05) is 26.8 Å². The van der Waals surface area contributed by atoms with E-state index < -0.39 is 5.97 Å². The van der Waals surface area contributed by atoms with Crippen LogP contribution in [0.15, 0.2) is 12.1 Å². The molecule has 3 aliphatic carbocycles. The van der Waals surface area contributed by atoms with Gasteiger partial charge >= 0.3 is 5.97 Å². The van der Waals surface area contributed by atoms with Crippen LogP contribution in [-0.2, 0) is 9.59 Å². The zero-order chi connectivity index (χ0) is 25.8. The highest BCUT2D eigenvalue weighted by Crippen LogP contribution is 2.42. The van der Waals surface area contributed by atoms with Gasteiger partial charge in [-0.25, -0.2) is 4.79 Å². The number of carbonyl (C=O) groups excluding carboxylic acids is 2. The van der Waals surface area contributed by atoms with Gasteiger partial charge in [-0.15, -0.1) is 11.3 Å². The Hall–Kier alpha value is -2.15. The van der Waals surface area contributed by atoms with E-state index >= 15 is 0 Å². The lowest BCUT2D eigenvalue weighted by Crippen LogP contribution is -2.49. The molecule has 2 amide bonds. The number of thiophene rings is 1. The number of nitrogens with zero attached hydrogens (tertiary/aromatic N) is 1. The number of aromatic carboxylic acids is 1. The predicted molar refractivity (Wildman–Crippen MR) is 145 cm³/mol. The lowest BCUT2D eigenvalue weighted by atomic mass is 9.81. The largest absolute Gasteiger partial charge is 0.477 e. The first kappa shape index (κ1) is 26.9. The molecule has 1 aromatic heterocycles. The summed E-state index contributed by atoms with van der Waals surface area (Å²) in [6.45, 7) is 6.04. The molecule has 7 heteroatoms. The number of rotatable bonds is 7. The summed E-state index contributed by atoms with van der Waals surface area (Å²) < 4.78 is 0. The number of carbonyl (C=O) groups is 3. The van der Waals surface area contributed by atoms with Gasteiger partial charge in [-0.05, 0) is 94.6 Å². The fourth-order valence-corrected chi connectivity index (χ4v) is 7.04. The number of amides is 2. The molecule has 0 aromatic carbocycles. The van der Waals surface area contributed by atoms with E-state index in [-0.39, 0.29) is 40.6 Å². The van der Waals surface area contributed by atoms with Crippen LogP contribution in [0.5, 0.6) is 0 Å². The predicted octanol–water partition coefficient (Wildman–Crippen LogP) is 6.65. The second-order valence-corrected chi connectivity index (χ2v) is 12.5. The summed E-state index contributed by atoms with van der Waals surface area (Å²) in [6.07, 6.45) is 13.5. The Morgan fingerprint density at radius 2 is 1.72 bits per heavy atom. The van der Waals surface area contributed by atoms with Crippen molar-refractivity contribution in [2.45, 2.75) is 110 Å². The average molecular weight is 515 g/mol. The molecule has 0 aliphatic heterocycles. The molecule has 6 nitrogen and oxygen atoms in total. The molecule has 1 aromatic rings. The van der Waals surface area contributed by atoms with Gasteiger partial charge in [0.15, 0.2) is 0 Å². The Labute approximate surface area is 219 Å². The summed E-state index contributed by atoms with van der Waals surface area (Å²) in [7, 11) is 0. The molecular formula is C29H42N2O4S. The van der Waals surface area contributed by atoms with Crippen molar-refractivity contribution < 1.29 is 19.5 Å². The minimum absolute atomic E-state index is 0.0371. The number of nitrogens with one attached hydrogen (secondary N) is 1. The molecule has 4 rings (SSSR count). The van der Waals surface area contributed by atoms with E-state index in [0.717, 1.165) is 75.5 Å². The number of carboxylic acid groups (broad SMARTS) is 1. The zero-order valence-corrected chi connectivity index (χ0v) is 22.9. The van der Waals surface area contributed by atoms with Gasteiger partial charge in [0, 0.05) is 28.8 Å². The van der Waals surface area contributed by atoms with Crippen LogP contribution >= 0.6 is 11.3 Å². The van der Waals surface area contributed by atoms with Crippen LogP contribution in [0.2, 0.25) is 0 Å². The lowest BCUT2D eigenvalue weighted by molar-refractivity contribution is -0.126. The Morgan fingerprint density at radius 3 is 2.31 bits per heavy atom. The van der Waals surface area contributed by atoms with Gasteiger partial charge < -0.3 is 15.3 Å². The maximum atomic E-state index is 14.1. The highest BCUT2D eigenvalue weighted by atomic mass is 32.1. The van der Waals surface area contributed by atoms with Crippen LogP contribution in [0.1, 0.15) is 112 Å². The number of allylic oxidation sites excluding steroid dienone is 2. The van der Waals surface area contributed by atoms with Crippen LogP contribution in [0, 0.1) is 17.8 Å². The Kier molecular flexibility index (Phi) is 8.91. The Morgan fingerprint density at radius 1 is 1.03 bits per heavy atom. The quantitative estimate of drug-likeness (QED) is 0.427. The van der Waals surface area contributed by atoms with E-state index in [1.165, 1.54) is 23.3 Å². The molecule has 198 valence electrons. The van der Waals surface area contributed by atoms with Crippen molar-refractivity contribution in [1.29, 1.82) is 0 Å². The smallest absolute Gasteiger partial charge is 0.348 e. The van der Waals surface area contributed by atoms with Crippen LogP contribution in [0.4, 0.5) is 5.69 Å². The van der Waals surface area contributed by atoms with Crippen molar-refractivity contribution in [3.63, 3.8) is 0 Å². The number of hydrogen-bond acceptors (Lipinski definition) is 4. The molecule has 3 aliphatic rings. The lowest BCUT2D eigenvalue weighted by Gasteiger charge is -2.39. The van der Waals surface area contributed by atoms with Gasteiger partial charge in [-0.3, -0.25) is 9.59 Å². The normalized spacial score (nSPS) is 26.8. The standard InChI is InChI=1S/C29H42N2O4S/c1-18(2)27(32)30-22-13-15-23(16-14-22)31(28(33)21-11-9-19(3)10-12-21)24-17-25(36-26(24)29(34)35)20-7-5-4-6-8-20/h7,17-19,21-23H,4-6,8-16H2,1-3H3,(H,30,32)(H,34,35)/t19-,21-,22-,23+. The van der Waals surface area contributed by atoms with Crippen molar-refractivity contribution in [1.82, 2.24) is 5.32 Å². The first-order valence-electron chi connectivity index (χ1n) is 13.9. The van der Waals surface area contributed by atoms with Crippen molar-refractivity contribution in [2.24, 2.45) is 17.8 Å². The summed E-state index contributed by atoms with van der Waals surface area (Å²) >= 11 is 1.32. The van der Waals surface area contributed by atoms with Gasteiger partial charge in [0.1, 0.15) is 4.88 Å². The van der Waals surface area contributed by atoms with E-state index in [9.17, 15) is 19.5 Å². The molecule has 0 bridgehead atoms. The molecule has 0 atom stereocenters. The summed E-state index contributed by atoms with van der Waals surface area (Å²) in [4.78, 5) is 41.8. The SMILES string of the molecule is CC(C)C(=O)N[C@H]1CC[C@@H](N(c2cc(C3=CCCCC3)sc2C(=O)O)C(=O)[C@H]2CC[C@H](C)CC2)CC1. The fraction of sp³-hybridized carbons (Fsp3) is 0.690. The Bertz CT molecular complexity index is 981. The molecule has 2 fully saturated rings. The van der Waals surface area contributed by atoms with E-state index in [4.69, 9.17) is 0 Å². The summed E-state index contributed by atoms with van der Waals surface area (Å²) in [5, 5.41) is 13.3. The summed E-state index contributed by atoms with van der Waals surface area (Å²) in [5.74, 6) is -0.238. The highest BCUT2D eigenvalue weighted by Gasteiger charge is 2.38. The van der Waals surface area contributed by atoms with Crippen molar-refractivity contribution in [3.05, 3.63) is 21.9 Å². The van der Waals surface area contributed by atoms with Crippen LogP contribution in [0.25, 0.3) is 5.57 Å². The first-order chi connectivity index (χ1) is 17.2. The van der Waals surface area contributed by atoms with Crippen molar-refractivity contribution in [3.8, 4) is 0 Å². The molecule has 1 heterocycles. The summed E-state index contributed by atoms with van der Waals surface area (Å²) in [6, 6.07) is 2.07. The molecule has 0 unspecified atom stereocenters. The van der Waals surface area contributed by atoms with Crippen molar-refractivity contribution in [2.75, 3.05) is 4.90 Å². The molecule has 2 saturated carbocycles. The fourth-order valence-electron chi connectivity index (χ4n) is 5.98. The summed E-state index contributed by atoms with van der Waals surface area (Å²) in [5.41, 5.74) is 1.81. The van der Waals surface area contributed by atoms with E-state index in [1.54, 1.807) is 0 Å². The topological polar surface area (TPSA) is 86.7 Å². The Balaban J connectivity index is 1.62. The monoisotopic (exact) mass is 514 g/mol. The third-order valence-electron chi connectivity index (χ3n) is 8.31. The molecule has 0 saturated heterocycles. The first-order valence-corrected chi connectivity index (χ1v) is 14.8. The van der Waals surface area contributed by atoms with Crippen LogP contribution in [0.3, 0.4) is 0 Å². The minimum atomic E-state index is -0.953. The third kappa shape index (κ3) is 6.21. The van der Waals surface area contributed by atoms with E-state index in [1.807, 2.05) is 24.8 Å². The van der Waals surface area contributed by atoms with Gasteiger partial charge in [-0.2, -0.15) is 0 Å². The maximum absolute atomic E-state index is 14.1. The molecule has 0 spiro atoms. The minimum Gasteiger partial charge on any atom is -0.477 e. The number of anilines is 1. The van der Waals surface area contributed by atoms with Gasteiger partial charge in [0.25, 0.3) is 0 Å².